The van der Waals surface area contributed by atoms with Crippen LogP contribution in [0.25, 0.3) is 33.7 Å². The predicted octanol–water partition coefficient (Wildman–Crippen LogP) is 6.61. The Hall–Kier alpha value is -1.51. The van der Waals surface area contributed by atoms with Crippen LogP contribution in [0.3, 0.4) is 0 Å². The zero-order valence-electron chi connectivity index (χ0n) is 17.2. The third-order valence-corrected chi connectivity index (χ3v) is 5.70. The van der Waals surface area contributed by atoms with Gasteiger partial charge in [-0.05, 0) is 23.8 Å². The maximum atomic E-state index is 13.9. The van der Waals surface area contributed by atoms with Gasteiger partial charge in [-0.3, -0.25) is 4.68 Å². The van der Waals surface area contributed by atoms with Crippen LogP contribution >= 0.6 is 23.2 Å². The summed E-state index contributed by atoms with van der Waals surface area (Å²) in [5, 5.41) is 5.17. The van der Waals surface area contributed by atoms with Gasteiger partial charge in [0.1, 0.15) is 5.69 Å². The monoisotopic (exact) mass is 490 g/mol. The molecule has 0 spiro atoms. The zero-order chi connectivity index (χ0) is 22.7. The third kappa shape index (κ3) is 4.46. The van der Waals surface area contributed by atoms with Crippen molar-refractivity contribution >= 4 is 63.8 Å². The molecule has 0 saturated carbocycles. The number of benzene rings is 2. The van der Waals surface area contributed by atoms with Gasteiger partial charge in [0.05, 0.1) is 27.3 Å². The molecule has 4 aromatic rings. The van der Waals surface area contributed by atoms with E-state index >= 15 is 0 Å². The van der Waals surface area contributed by atoms with E-state index < -0.39 is 11.7 Å². The first-order valence-electron chi connectivity index (χ1n) is 9.47. The summed E-state index contributed by atoms with van der Waals surface area (Å²) in [6.45, 7) is 5.88. The van der Waals surface area contributed by atoms with Crippen LogP contribution in [0.2, 0.25) is 10.0 Å². The van der Waals surface area contributed by atoms with E-state index in [0.29, 0.717) is 32.6 Å². The van der Waals surface area contributed by atoms with Crippen LogP contribution in [0.5, 0.6) is 0 Å². The molecule has 0 aliphatic heterocycles. The van der Waals surface area contributed by atoms with Crippen molar-refractivity contribution in [2.75, 3.05) is 0 Å². The van der Waals surface area contributed by atoms with Crippen LogP contribution in [-0.4, -0.2) is 49.3 Å². The van der Waals surface area contributed by atoms with Gasteiger partial charge in [-0.1, -0.05) is 62.2 Å². The van der Waals surface area contributed by atoms with E-state index in [2.05, 4.69) is 15.1 Å². The second-order valence-electron chi connectivity index (χ2n) is 8.37. The van der Waals surface area contributed by atoms with Crippen LogP contribution in [0.4, 0.5) is 13.2 Å². The minimum atomic E-state index is -4.59. The quantitative estimate of drug-likeness (QED) is 0.321. The number of aromatic nitrogens is 4. The number of alkyl halides is 3. The molecule has 0 saturated heterocycles. The molecule has 164 valence electrons. The average molecular weight is 491 g/mol. The number of imidazole rings is 1. The first-order chi connectivity index (χ1) is 14.4. The van der Waals surface area contributed by atoms with Crippen LogP contribution in [0.15, 0.2) is 36.4 Å². The van der Waals surface area contributed by atoms with E-state index in [4.69, 9.17) is 23.2 Å². The second kappa shape index (κ2) is 8.69. The number of hydrogen-bond acceptors (Lipinski definition) is 2. The molecule has 2 aromatic carbocycles. The van der Waals surface area contributed by atoms with Crippen molar-refractivity contribution in [3.63, 3.8) is 0 Å². The van der Waals surface area contributed by atoms with E-state index in [0.717, 1.165) is 6.07 Å². The van der Waals surface area contributed by atoms with E-state index in [9.17, 15) is 13.2 Å². The Kier molecular flexibility index (Phi) is 6.82. The van der Waals surface area contributed by atoms with Crippen molar-refractivity contribution in [2.24, 2.45) is 7.05 Å². The first-order valence-corrected chi connectivity index (χ1v) is 10.2. The SMILES string of the molecule is Cn1nc(C(C)(C)C)c(Cl)c1-c1nc2cc(-c3ccccc3Cl)cc(C(F)(F)F)c2[nH]1.[NaH]. The van der Waals surface area contributed by atoms with Crippen LogP contribution < -0.4 is 0 Å². The summed E-state index contributed by atoms with van der Waals surface area (Å²) in [5.41, 5.74) is 0.767. The summed E-state index contributed by atoms with van der Waals surface area (Å²) >= 11 is 12.8. The van der Waals surface area contributed by atoms with Gasteiger partial charge in [0, 0.05) is 23.0 Å². The van der Waals surface area contributed by atoms with Crippen molar-refractivity contribution in [3.8, 4) is 22.6 Å². The second-order valence-corrected chi connectivity index (χ2v) is 9.15. The Labute approximate surface area is 215 Å². The average Bonchev–Trinajstić information content (AvgIpc) is 3.20. The summed E-state index contributed by atoms with van der Waals surface area (Å²) in [6.07, 6.45) is -4.59. The van der Waals surface area contributed by atoms with Gasteiger partial charge in [0.15, 0.2) is 5.82 Å². The van der Waals surface area contributed by atoms with Crippen molar-refractivity contribution in [2.45, 2.75) is 32.4 Å². The van der Waals surface area contributed by atoms with Crippen LogP contribution in [0.1, 0.15) is 32.0 Å². The molecule has 2 aromatic heterocycles. The fraction of sp³-hybridized carbons (Fsp3) is 0.273. The molecule has 2 heterocycles. The summed E-state index contributed by atoms with van der Waals surface area (Å²) in [4.78, 5) is 7.26. The van der Waals surface area contributed by atoms with Gasteiger partial charge >= 0.3 is 35.7 Å². The fourth-order valence-corrected chi connectivity index (χ4v) is 4.31. The number of aromatic amines is 1. The van der Waals surface area contributed by atoms with Gasteiger partial charge < -0.3 is 4.98 Å². The fourth-order valence-electron chi connectivity index (χ4n) is 3.53. The number of H-pyrrole nitrogens is 1. The molecule has 0 aliphatic rings. The molecule has 1 N–H and O–H groups in total. The van der Waals surface area contributed by atoms with E-state index in [-0.39, 0.29) is 51.8 Å². The van der Waals surface area contributed by atoms with Crippen molar-refractivity contribution < 1.29 is 13.2 Å². The number of aryl methyl sites for hydroxylation is 1. The van der Waals surface area contributed by atoms with Gasteiger partial charge in [0.2, 0.25) is 0 Å². The van der Waals surface area contributed by atoms with Gasteiger partial charge in [-0.2, -0.15) is 18.3 Å². The number of halogens is 5. The Balaban J connectivity index is 0.00000289. The van der Waals surface area contributed by atoms with Crippen molar-refractivity contribution in [1.29, 1.82) is 0 Å². The topological polar surface area (TPSA) is 46.5 Å². The molecular weight excluding hydrogens is 471 g/mol. The minimum absolute atomic E-state index is 0. The first kappa shape index (κ1) is 25.1. The Morgan fingerprint density at radius 3 is 2.25 bits per heavy atom. The van der Waals surface area contributed by atoms with Gasteiger partial charge in [-0.25, -0.2) is 4.98 Å². The number of fused-ring (bicyclic) bond motifs is 1. The molecular formula is C22H20Cl2F3N4Na. The molecule has 4 nitrogen and oxygen atoms in total. The molecule has 0 unspecified atom stereocenters. The summed E-state index contributed by atoms with van der Waals surface area (Å²) in [5.74, 6) is 0.215. The van der Waals surface area contributed by atoms with Crippen LogP contribution in [0, 0.1) is 0 Å². The number of nitrogens with one attached hydrogen (secondary N) is 1. The maximum absolute atomic E-state index is 13.9. The number of rotatable bonds is 2. The molecule has 0 bridgehead atoms. The number of hydrogen-bond donors (Lipinski definition) is 1. The molecule has 0 atom stereocenters. The summed E-state index contributed by atoms with van der Waals surface area (Å²) in [6, 6.07) is 9.41. The molecule has 32 heavy (non-hydrogen) atoms. The van der Waals surface area contributed by atoms with Crippen LogP contribution in [-0.2, 0) is 18.6 Å². The number of nitrogens with zero attached hydrogens (tertiary/aromatic N) is 3. The molecule has 0 amide bonds. The summed E-state index contributed by atoms with van der Waals surface area (Å²) in [7, 11) is 1.68. The molecule has 0 aliphatic carbocycles. The molecule has 0 fully saturated rings. The van der Waals surface area contributed by atoms with E-state index in [1.54, 1.807) is 37.4 Å². The normalized spacial score (nSPS) is 12.3. The molecule has 4 rings (SSSR count). The molecule has 0 radical (unpaired) electrons. The standard InChI is InChI=1S/C22H19Cl2F3N4.Na.H/c1-21(2,3)19-16(24)18(31(4)30-19)20-28-15-10-11(12-7-5-6-8-14(12)23)9-13(17(15)29-20)22(25,26)27;;/h5-10H,1-4H3,(H,28,29);;. The van der Waals surface area contributed by atoms with Crippen molar-refractivity contribution in [1.82, 2.24) is 19.7 Å². The van der Waals surface area contributed by atoms with Gasteiger partial charge in [0.25, 0.3) is 0 Å². The van der Waals surface area contributed by atoms with E-state index in [1.807, 2.05) is 20.8 Å². The predicted molar refractivity (Wildman–Crippen MR) is 125 cm³/mol. The Morgan fingerprint density at radius 1 is 1.03 bits per heavy atom. The zero-order valence-corrected chi connectivity index (χ0v) is 18.7. The molecule has 10 heteroatoms. The van der Waals surface area contributed by atoms with Crippen molar-refractivity contribution in [3.05, 3.63) is 57.7 Å². The Morgan fingerprint density at radius 2 is 1.69 bits per heavy atom. The van der Waals surface area contributed by atoms with E-state index in [1.165, 1.54) is 4.68 Å². The third-order valence-electron chi connectivity index (χ3n) is 5.01. The Bertz CT molecular complexity index is 1300. The summed E-state index contributed by atoms with van der Waals surface area (Å²) < 4.78 is 43.3. The van der Waals surface area contributed by atoms with Gasteiger partial charge in [-0.15, -0.1) is 0 Å².